The molecule has 0 saturated heterocycles. The van der Waals surface area contributed by atoms with Gasteiger partial charge in [0.1, 0.15) is 0 Å². The van der Waals surface area contributed by atoms with Gasteiger partial charge in [-0.25, -0.2) is 4.79 Å². The Bertz CT molecular complexity index is 283. The first kappa shape index (κ1) is 9.56. The summed E-state index contributed by atoms with van der Waals surface area (Å²) in [5.41, 5.74) is 1.40. The zero-order chi connectivity index (χ0) is 10.3. The molecule has 14 heavy (non-hydrogen) atoms. The Kier molecular flexibility index (Phi) is 2.25. The number of hydrogen-bond donors (Lipinski definition) is 1. The van der Waals surface area contributed by atoms with Gasteiger partial charge < -0.3 is 5.32 Å². The summed E-state index contributed by atoms with van der Waals surface area (Å²) in [6.45, 7) is 6.31. The lowest BCUT2D eigenvalue weighted by Gasteiger charge is -2.32. The lowest BCUT2D eigenvalue weighted by Crippen LogP contribution is -2.49. The molecule has 2 amide bonds. The Morgan fingerprint density at radius 2 is 2.21 bits per heavy atom. The van der Waals surface area contributed by atoms with Gasteiger partial charge in [0.25, 0.3) is 0 Å². The van der Waals surface area contributed by atoms with E-state index in [-0.39, 0.29) is 12.1 Å². The van der Waals surface area contributed by atoms with Crippen molar-refractivity contribution in [1.29, 1.82) is 0 Å². The fraction of sp³-hybridized carbons (Fsp3) is 0.727. The van der Waals surface area contributed by atoms with Gasteiger partial charge in [-0.3, -0.25) is 4.90 Å². The highest BCUT2D eigenvalue weighted by Crippen LogP contribution is 2.33. The number of nitrogens with one attached hydrogen (secondary N) is 1. The molecule has 1 saturated carbocycles. The molecule has 1 aliphatic heterocycles. The van der Waals surface area contributed by atoms with Crippen molar-refractivity contribution >= 4 is 6.03 Å². The van der Waals surface area contributed by atoms with Gasteiger partial charge in [0.05, 0.1) is 6.04 Å². The van der Waals surface area contributed by atoms with Gasteiger partial charge in [-0.15, -0.1) is 0 Å². The second kappa shape index (κ2) is 3.30. The van der Waals surface area contributed by atoms with Crippen molar-refractivity contribution < 1.29 is 4.79 Å². The molecule has 1 N–H and O–H groups in total. The predicted octanol–water partition coefficient (Wildman–Crippen LogP) is 2.10. The van der Waals surface area contributed by atoms with Gasteiger partial charge in [0.15, 0.2) is 0 Å². The number of carbonyl (C=O) groups is 1. The van der Waals surface area contributed by atoms with Gasteiger partial charge >= 0.3 is 6.03 Å². The normalized spacial score (nSPS) is 31.6. The van der Waals surface area contributed by atoms with E-state index in [4.69, 9.17) is 0 Å². The van der Waals surface area contributed by atoms with Crippen LogP contribution in [0.1, 0.15) is 33.6 Å². The Morgan fingerprint density at radius 3 is 2.86 bits per heavy atom. The SMILES string of the molecule is CC1CC[C@H]2NC(=O)N(C(C)C)C=C12. The minimum Gasteiger partial charge on any atom is -0.331 e. The third kappa shape index (κ3) is 1.41. The maximum absolute atomic E-state index is 11.7. The summed E-state index contributed by atoms with van der Waals surface area (Å²) in [4.78, 5) is 13.5. The Balaban J connectivity index is 2.26. The van der Waals surface area contributed by atoms with Crippen molar-refractivity contribution in [2.24, 2.45) is 5.92 Å². The Labute approximate surface area is 85.2 Å². The number of fused-ring (bicyclic) bond motifs is 1. The van der Waals surface area contributed by atoms with E-state index in [0.717, 1.165) is 6.42 Å². The van der Waals surface area contributed by atoms with Crippen LogP contribution in [0.25, 0.3) is 0 Å². The van der Waals surface area contributed by atoms with E-state index in [1.165, 1.54) is 12.0 Å². The first-order valence-electron chi connectivity index (χ1n) is 5.40. The largest absolute Gasteiger partial charge is 0.331 e. The highest BCUT2D eigenvalue weighted by Gasteiger charge is 2.34. The van der Waals surface area contributed by atoms with E-state index < -0.39 is 0 Å². The molecular formula is C11H18N2O. The summed E-state index contributed by atoms with van der Waals surface area (Å²) in [6, 6.07) is 0.617. The van der Waals surface area contributed by atoms with Crippen LogP contribution in [0.4, 0.5) is 4.79 Å². The summed E-state index contributed by atoms with van der Waals surface area (Å²) in [5, 5.41) is 3.06. The molecule has 0 bridgehead atoms. The molecule has 0 aromatic rings. The lowest BCUT2D eigenvalue weighted by molar-refractivity contribution is 0.198. The number of rotatable bonds is 1. The van der Waals surface area contributed by atoms with Crippen LogP contribution >= 0.6 is 0 Å². The van der Waals surface area contributed by atoms with Crippen LogP contribution < -0.4 is 5.32 Å². The highest BCUT2D eigenvalue weighted by atomic mass is 16.2. The van der Waals surface area contributed by atoms with E-state index >= 15 is 0 Å². The van der Waals surface area contributed by atoms with E-state index in [9.17, 15) is 4.79 Å². The van der Waals surface area contributed by atoms with Crippen LogP contribution in [0.15, 0.2) is 11.8 Å². The average Bonchev–Trinajstić information content (AvgIpc) is 2.46. The minimum absolute atomic E-state index is 0.0582. The van der Waals surface area contributed by atoms with Gasteiger partial charge in [0.2, 0.25) is 0 Å². The number of carbonyl (C=O) groups excluding carboxylic acids is 1. The molecule has 1 fully saturated rings. The smallest absolute Gasteiger partial charge is 0.322 e. The summed E-state index contributed by atoms with van der Waals surface area (Å²) < 4.78 is 0. The number of urea groups is 1. The van der Waals surface area contributed by atoms with Crippen molar-refractivity contribution in [3.05, 3.63) is 11.8 Å². The Morgan fingerprint density at radius 1 is 1.50 bits per heavy atom. The third-order valence-corrected chi connectivity index (χ3v) is 3.24. The molecule has 1 unspecified atom stereocenters. The second-order valence-corrected chi connectivity index (χ2v) is 4.61. The molecule has 78 valence electrons. The number of hydrogen-bond acceptors (Lipinski definition) is 1. The van der Waals surface area contributed by atoms with Crippen molar-refractivity contribution in [3.8, 4) is 0 Å². The van der Waals surface area contributed by atoms with E-state index in [1.54, 1.807) is 4.90 Å². The number of nitrogens with zero attached hydrogens (tertiary/aromatic N) is 1. The van der Waals surface area contributed by atoms with Gasteiger partial charge in [0, 0.05) is 12.2 Å². The fourth-order valence-corrected chi connectivity index (χ4v) is 2.29. The molecule has 0 aromatic carbocycles. The minimum atomic E-state index is 0.0582. The molecule has 2 rings (SSSR count). The number of amides is 2. The first-order valence-corrected chi connectivity index (χ1v) is 5.40. The maximum Gasteiger partial charge on any atom is 0.322 e. The van der Waals surface area contributed by atoms with Crippen LogP contribution in [-0.2, 0) is 0 Å². The summed E-state index contributed by atoms with van der Waals surface area (Å²) >= 11 is 0. The monoisotopic (exact) mass is 194 g/mol. The van der Waals surface area contributed by atoms with Gasteiger partial charge in [-0.05, 0) is 38.2 Å². The average molecular weight is 194 g/mol. The topological polar surface area (TPSA) is 32.3 Å². The van der Waals surface area contributed by atoms with Gasteiger partial charge in [-0.1, -0.05) is 6.92 Å². The zero-order valence-corrected chi connectivity index (χ0v) is 9.08. The summed E-state index contributed by atoms with van der Waals surface area (Å²) in [6.07, 6.45) is 4.36. The third-order valence-electron chi connectivity index (χ3n) is 3.24. The van der Waals surface area contributed by atoms with E-state index in [2.05, 4.69) is 18.4 Å². The van der Waals surface area contributed by atoms with Crippen LogP contribution in [0, 0.1) is 5.92 Å². The summed E-state index contributed by atoms with van der Waals surface area (Å²) in [5.74, 6) is 0.627. The fourth-order valence-electron chi connectivity index (χ4n) is 2.29. The standard InChI is InChI=1S/C11H18N2O/c1-7(2)13-6-9-8(3)4-5-10(9)12-11(13)14/h6-8,10H,4-5H2,1-3H3,(H,12,14)/t8?,10-/m1/s1. The molecule has 2 aliphatic rings. The van der Waals surface area contributed by atoms with Crippen LogP contribution in [-0.4, -0.2) is 23.0 Å². The molecule has 1 aliphatic carbocycles. The second-order valence-electron chi connectivity index (χ2n) is 4.61. The predicted molar refractivity (Wildman–Crippen MR) is 55.8 cm³/mol. The molecule has 1 heterocycles. The molecule has 2 atom stereocenters. The first-order chi connectivity index (χ1) is 6.59. The molecule has 0 radical (unpaired) electrons. The molecule has 0 aromatic heterocycles. The Hall–Kier alpha value is -0.990. The van der Waals surface area contributed by atoms with E-state index in [1.807, 2.05) is 13.8 Å². The maximum atomic E-state index is 11.7. The van der Waals surface area contributed by atoms with Gasteiger partial charge in [-0.2, -0.15) is 0 Å². The van der Waals surface area contributed by atoms with Crippen molar-refractivity contribution in [2.75, 3.05) is 0 Å². The highest BCUT2D eigenvalue weighted by molar-refractivity contribution is 5.78. The molecule has 3 nitrogen and oxygen atoms in total. The zero-order valence-electron chi connectivity index (χ0n) is 9.08. The molecule has 0 spiro atoms. The molecule has 3 heteroatoms. The van der Waals surface area contributed by atoms with Crippen LogP contribution in [0.3, 0.4) is 0 Å². The van der Waals surface area contributed by atoms with Crippen molar-refractivity contribution in [1.82, 2.24) is 10.2 Å². The van der Waals surface area contributed by atoms with E-state index in [0.29, 0.717) is 12.0 Å². The van der Waals surface area contributed by atoms with Crippen molar-refractivity contribution in [3.63, 3.8) is 0 Å². The summed E-state index contributed by atoms with van der Waals surface area (Å²) in [7, 11) is 0. The quantitative estimate of drug-likeness (QED) is 0.681. The molecular weight excluding hydrogens is 176 g/mol. The van der Waals surface area contributed by atoms with Crippen LogP contribution in [0.2, 0.25) is 0 Å². The van der Waals surface area contributed by atoms with Crippen LogP contribution in [0.5, 0.6) is 0 Å². The lowest BCUT2D eigenvalue weighted by atomic mass is 10.0. The van der Waals surface area contributed by atoms with Crippen molar-refractivity contribution in [2.45, 2.75) is 45.7 Å².